The third-order valence-electron chi connectivity index (χ3n) is 10.3. The van der Waals surface area contributed by atoms with E-state index in [-0.39, 0.29) is 32.5 Å². The van der Waals surface area contributed by atoms with Gasteiger partial charge in [-0.15, -0.1) is 0 Å². The molecule has 350 valence electrons. The summed E-state index contributed by atoms with van der Waals surface area (Å²) in [6.07, 6.45) is 0.673. The molecule has 64 heavy (non-hydrogen) atoms. The average Bonchev–Trinajstić information content (AvgIpc) is 3.31. The Labute approximate surface area is 378 Å². The zero-order valence-electron chi connectivity index (χ0n) is 38.3. The predicted molar refractivity (Wildman–Crippen MR) is 243 cm³/mol. The minimum Gasteiger partial charge on any atom is -0.497 e. The summed E-state index contributed by atoms with van der Waals surface area (Å²) in [7, 11) is 10.6. The van der Waals surface area contributed by atoms with E-state index in [1.54, 1.807) is 33.3 Å². The van der Waals surface area contributed by atoms with Gasteiger partial charge < -0.3 is 52.3 Å². The lowest BCUT2D eigenvalue weighted by molar-refractivity contribution is -0.138. The van der Waals surface area contributed by atoms with Gasteiger partial charge in [-0.3, -0.25) is 14.6 Å². The molecule has 15 nitrogen and oxygen atoms in total. The predicted octanol–water partition coefficient (Wildman–Crippen LogP) is 6.84. The highest BCUT2D eigenvalue weighted by molar-refractivity contribution is 5.67. The van der Waals surface area contributed by atoms with E-state index in [9.17, 15) is 9.59 Å². The maximum atomic E-state index is 13.3. The summed E-state index contributed by atoms with van der Waals surface area (Å²) in [5.74, 6) is 2.96. The van der Waals surface area contributed by atoms with Crippen molar-refractivity contribution < 1.29 is 57.0 Å². The molecule has 0 aliphatic carbocycles. The Morgan fingerprint density at radius 3 is 1.44 bits per heavy atom. The smallest absolute Gasteiger partial charge is 0.410 e. The van der Waals surface area contributed by atoms with Crippen LogP contribution in [0, 0.1) is 0 Å². The van der Waals surface area contributed by atoms with Crippen LogP contribution in [-0.2, 0) is 59.4 Å². The van der Waals surface area contributed by atoms with E-state index in [0.29, 0.717) is 77.2 Å². The van der Waals surface area contributed by atoms with Crippen LogP contribution in [0.4, 0.5) is 4.79 Å². The molecule has 0 aliphatic heterocycles. The standard InChI is InChI=1S/C49H67N3O12/c1-50(2)43(19-21-59-23-24-60-25-28-64-49(54)52(35-41-13-9-17-46(31-41)57-5)36-42-14-10-18-47(32-42)58-6)20-22-61-37-48(63-27-26-62-38-53)51(33-39-11-7-15-44(29-39)55-3)34-40-12-8-16-45(30-40)56-4/h7-18,29-32,38,43,48H,19-28,33-37H2,1-6H3. The van der Waals surface area contributed by atoms with E-state index < -0.39 is 12.3 Å². The summed E-state index contributed by atoms with van der Waals surface area (Å²) < 4.78 is 56.6. The first kappa shape index (κ1) is 51.2. The van der Waals surface area contributed by atoms with Crippen molar-refractivity contribution in [2.75, 3.05) is 102 Å². The molecule has 0 aromatic heterocycles. The van der Waals surface area contributed by atoms with Crippen molar-refractivity contribution >= 4 is 12.6 Å². The van der Waals surface area contributed by atoms with E-state index in [4.69, 9.17) is 47.4 Å². The number of hydrogen-bond acceptors (Lipinski definition) is 14. The molecule has 4 aromatic rings. The van der Waals surface area contributed by atoms with Gasteiger partial charge in [-0.2, -0.15) is 0 Å². The molecule has 0 N–H and O–H groups in total. The second-order valence-electron chi connectivity index (χ2n) is 15.1. The maximum Gasteiger partial charge on any atom is 0.410 e. The lowest BCUT2D eigenvalue weighted by Gasteiger charge is -2.32. The van der Waals surface area contributed by atoms with Crippen molar-refractivity contribution in [2.45, 2.75) is 51.3 Å². The number of amides is 1. The summed E-state index contributed by atoms with van der Waals surface area (Å²) in [4.78, 5) is 30.1. The fourth-order valence-corrected chi connectivity index (χ4v) is 6.86. The Hall–Kier alpha value is -5.42. The van der Waals surface area contributed by atoms with Crippen LogP contribution in [-0.4, -0.2) is 142 Å². The van der Waals surface area contributed by atoms with Crippen LogP contribution in [0.1, 0.15) is 35.1 Å². The molecule has 0 radical (unpaired) electrons. The van der Waals surface area contributed by atoms with E-state index in [2.05, 4.69) is 9.80 Å². The van der Waals surface area contributed by atoms with Gasteiger partial charge in [0, 0.05) is 45.4 Å². The first-order valence-corrected chi connectivity index (χ1v) is 21.5. The van der Waals surface area contributed by atoms with Crippen molar-refractivity contribution in [3.63, 3.8) is 0 Å². The Morgan fingerprint density at radius 2 is 0.984 bits per heavy atom. The highest BCUT2D eigenvalue weighted by Gasteiger charge is 2.22. The van der Waals surface area contributed by atoms with Gasteiger partial charge in [0.25, 0.3) is 6.47 Å². The first-order chi connectivity index (χ1) is 31.2. The summed E-state index contributed by atoms with van der Waals surface area (Å²) in [5, 5.41) is 0. The maximum absolute atomic E-state index is 13.3. The number of benzene rings is 4. The van der Waals surface area contributed by atoms with E-state index in [1.165, 1.54) is 0 Å². The minimum atomic E-state index is -0.450. The zero-order chi connectivity index (χ0) is 45.8. The Kier molecular flexibility index (Phi) is 23.9. The number of nitrogens with zero attached hydrogens (tertiary/aromatic N) is 3. The van der Waals surface area contributed by atoms with Gasteiger partial charge in [-0.25, -0.2) is 4.79 Å². The largest absolute Gasteiger partial charge is 0.497 e. The molecular weight excluding hydrogens is 823 g/mol. The van der Waals surface area contributed by atoms with Gasteiger partial charge in [-0.05, 0) is 97.7 Å². The highest BCUT2D eigenvalue weighted by Crippen LogP contribution is 2.22. The molecule has 0 spiro atoms. The lowest BCUT2D eigenvalue weighted by atomic mass is 10.1. The van der Waals surface area contributed by atoms with Crippen LogP contribution in [0.25, 0.3) is 0 Å². The number of ether oxygens (including phenoxy) is 10. The quantitative estimate of drug-likeness (QED) is 0.0281. The lowest BCUT2D eigenvalue weighted by Crippen LogP contribution is -2.41. The zero-order valence-corrected chi connectivity index (χ0v) is 38.3. The van der Waals surface area contributed by atoms with Gasteiger partial charge in [-0.1, -0.05) is 48.5 Å². The van der Waals surface area contributed by atoms with E-state index >= 15 is 0 Å². The normalized spacial score (nSPS) is 12.1. The van der Waals surface area contributed by atoms with Crippen molar-refractivity contribution in [3.05, 3.63) is 119 Å². The van der Waals surface area contributed by atoms with Crippen molar-refractivity contribution in [2.24, 2.45) is 0 Å². The van der Waals surface area contributed by atoms with Gasteiger partial charge in [0.15, 0.2) is 0 Å². The van der Waals surface area contributed by atoms with Crippen molar-refractivity contribution in [1.82, 2.24) is 14.7 Å². The number of hydrogen-bond donors (Lipinski definition) is 0. The molecule has 15 heteroatoms. The van der Waals surface area contributed by atoms with Crippen LogP contribution < -0.4 is 18.9 Å². The number of carbonyl (C=O) groups excluding carboxylic acids is 2. The monoisotopic (exact) mass is 889 g/mol. The van der Waals surface area contributed by atoms with Gasteiger partial charge in [0.1, 0.15) is 42.4 Å². The molecule has 4 rings (SSSR count). The molecule has 0 aliphatic rings. The van der Waals surface area contributed by atoms with Crippen LogP contribution in [0.2, 0.25) is 0 Å². The molecule has 0 bridgehead atoms. The molecular formula is C49H67N3O12. The third-order valence-corrected chi connectivity index (χ3v) is 10.3. The van der Waals surface area contributed by atoms with Crippen LogP contribution >= 0.6 is 0 Å². The Balaban J connectivity index is 1.21. The number of rotatable bonds is 33. The SMILES string of the molecule is COc1cccc(CN(Cc2cccc(OC)c2)C(=O)OCCOCCOCCC(CCOCC(OCCOC=O)N(Cc2cccc(OC)c2)Cc2cccc(OC)c2)N(C)C)c1. The van der Waals surface area contributed by atoms with Crippen LogP contribution in [0.3, 0.4) is 0 Å². The van der Waals surface area contributed by atoms with Crippen LogP contribution in [0.5, 0.6) is 23.0 Å². The fourth-order valence-electron chi connectivity index (χ4n) is 6.86. The second-order valence-corrected chi connectivity index (χ2v) is 15.1. The molecule has 0 heterocycles. The molecule has 2 atom stereocenters. The van der Waals surface area contributed by atoms with E-state index in [0.717, 1.165) is 46.6 Å². The highest BCUT2D eigenvalue weighted by atomic mass is 16.6. The molecule has 2 unspecified atom stereocenters. The minimum absolute atomic E-state index is 0.104. The van der Waals surface area contributed by atoms with Gasteiger partial charge in [0.2, 0.25) is 0 Å². The Bertz CT molecular complexity index is 1820. The van der Waals surface area contributed by atoms with Crippen molar-refractivity contribution in [3.8, 4) is 23.0 Å². The van der Waals surface area contributed by atoms with Gasteiger partial charge in [0.05, 0.1) is 61.5 Å². The van der Waals surface area contributed by atoms with Crippen molar-refractivity contribution in [1.29, 1.82) is 0 Å². The van der Waals surface area contributed by atoms with E-state index in [1.807, 2.05) is 111 Å². The average molecular weight is 890 g/mol. The molecule has 0 saturated carbocycles. The third kappa shape index (κ3) is 19.1. The number of methoxy groups -OCH3 is 4. The van der Waals surface area contributed by atoms with Gasteiger partial charge >= 0.3 is 6.09 Å². The topological polar surface area (TPSA) is 136 Å². The molecule has 0 saturated heterocycles. The summed E-state index contributed by atoms with van der Waals surface area (Å²) in [5.41, 5.74) is 3.92. The molecule has 0 fully saturated rings. The van der Waals surface area contributed by atoms with Crippen LogP contribution in [0.15, 0.2) is 97.1 Å². The molecule has 1 amide bonds. The summed E-state index contributed by atoms with van der Waals surface area (Å²) in [6.45, 7) is 5.00. The Morgan fingerprint density at radius 1 is 0.547 bits per heavy atom. The second kappa shape index (κ2) is 29.9. The molecule has 4 aromatic carbocycles. The first-order valence-electron chi connectivity index (χ1n) is 21.5. The number of carbonyl (C=O) groups is 2. The summed E-state index contributed by atoms with van der Waals surface area (Å²) in [6, 6.07) is 31.3. The fraction of sp³-hybridized carbons (Fsp3) is 0.469. The summed E-state index contributed by atoms with van der Waals surface area (Å²) >= 11 is 0.